The number of carbonyl (C=O) groups excluding carboxylic acids is 1. The van der Waals surface area contributed by atoms with E-state index >= 15 is 0 Å². The van der Waals surface area contributed by atoms with Crippen molar-refractivity contribution in [2.75, 3.05) is 7.11 Å². The maximum atomic E-state index is 12.1. The van der Waals surface area contributed by atoms with Crippen LogP contribution in [0.5, 0.6) is 5.75 Å². The van der Waals surface area contributed by atoms with Crippen LogP contribution < -0.4 is 15.8 Å². The molecule has 0 aliphatic heterocycles. The molecule has 4 N–H and O–H groups in total. The van der Waals surface area contributed by atoms with Crippen molar-refractivity contribution in [1.82, 2.24) is 10.3 Å². The van der Waals surface area contributed by atoms with Gasteiger partial charge in [0.2, 0.25) is 0 Å². The van der Waals surface area contributed by atoms with Gasteiger partial charge in [0.15, 0.2) is 0 Å². The van der Waals surface area contributed by atoms with Crippen molar-refractivity contribution in [2.45, 2.75) is 25.8 Å². The summed E-state index contributed by atoms with van der Waals surface area (Å²) in [6, 6.07) is 1.37. The Morgan fingerprint density at radius 2 is 2.42 bits per heavy atom. The number of nitrogens with zero attached hydrogens (tertiary/aromatic N) is 2. The lowest BCUT2D eigenvalue weighted by molar-refractivity contribution is 0.0933. The number of rotatable bonds is 6. The van der Waals surface area contributed by atoms with E-state index in [1.807, 2.05) is 6.92 Å². The standard InChI is InChI=1S/C12H18N4O3/c1-3-8(6-11(13)16-18)15-12(17)9-4-5-14-7-10(9)19-2/h4-5,7-8,18H,3,6H2,1-2H3,(H2,13,16)(H,15,17). The van der Waals surface area contributed by atoms with Gasteiger partial charge in [-0.2, -0.15) is 0 Å². The molecule has 0 aliphatic rings. The SMILES string of the molecule is CCC(C/C(N)=N/O)NC(=O)c1ccncc1OC. The molecule has 1 heterocycles. The second-order valence-electron chi connectivity index (χ2n) is 3.95. The van der Waals surface area contributed by atoms with Gasteiger partial charge in [0.25, 0.3) is 5.91 Å². The van der Waals surface area contributed by atoms with Crippen molar-refractivity contribution in [2.24, 2.45) is 10.9 Å². The summed E-state index contributed by atoms with van der Waals surface area (Å²) >= 11 is 0. The number of amides is 1. The summed E-state index contributed by atoms with van der Waals surface area (Å²) in [4.78, 5) is 16.0. The van der Waals surface area contributed by atoms with E-state index in [-0.39, 0.29) is 24.2 Å². The highest BCUT2D eigenvalue weighted by Crippen LogP contribution is 2.15. The van der Waals surface area contributed by atoms with Gasteiger partial charge in [-0.25, -0.2) is 0 Å². The molecule has 1 atom stereocenters. The van der Waals surface area contributed by atoms with Crippen molar-refractivity contribution in [3.8, 4) is 5.75 Å². The monoisotopic (exact) mass is 266 g/mol. The summed E-state index contributed by atoms with van der Waals surface area (Å²) in [5.41, 5.74) is 5.83. The van der Waals surface area contributed by atoms with Crippen molar-refractivity contribution < 1.29 is 14.7 Å². The molecule has 0 saturated carbocycles. The zero-order chi connectivity index (χ0) is 14.3. The van der Waals surface area contributed by atoms with Gasteiger partial charge in [-0.15, -0.1) is 0 Å². The molecular formula is C12H18N4O3. The molecule has 7 heteroatoms. The zero-order valence-corrected chi connectivity index (χ0v) is 11.0. The number of pyridine rings is 1. The summed E-state index contributed by atoms with van der Waals surface area (Å²) in [5.74, 6) is 0.198. The Morgan fingerprint density at radius 3 is 3.00 bits per heavy atom. The lowest BCUT2D eigenvalue weighted by atomic mass is 10.1. The van der Waals surface area contributed by atoms with Crippen molar-refractivity contribution in [3.05, 3.63) is 24.0 Å². The van der Waals surface area contributed by atoms with E-state index in [0.29, 0.717) is 17.7 Å². The Hall–Kier alpha value is -2.31. The summed E-state index contributed by atoms with van der Waals surface area (Å²) in [6.45, 7) is 1.90. The molecular weight excluding hydrogens is 248 g/mol. The number of nitrogens with one attached hydrogen (secondary N) is 1. The third kappa shape index (κ3) is 4.13. The van der Waals surface area contributed by atoms with E-state index in [4.69, 9.17) is 15.7 Å². The van der Waals surface area contributed by atoms with Crippen LogP contribution in [-0.2, 0) is 0 Å². The molecule has 0 radical (unpaired) electrons. The minimum Gasteiger partial charge on any atom is -0.494 e. The molecule has 1 rings (SSSR count). The summed E-state index contributed by atoms with van der Waals surface area (Å²) in [5, 5.41) is 14.2. The molecule has 1 aromatic rings. The number of ether oxygens (including phenoxy) is 1. The first kappa shape index (κ1) is 14.7. The number of methoxy groups -OCH3 is 1. The van der Waals surface area contributed by atoms with E-state index in [1.54, 1.807) is 6.07 Å². The first-order valence-electron chi connectivity index (χ1n) is 5.87. The zero-order valence-electron chi connectivity index (χ0n) is 11.0. The van der Waals surface area contributed by atoms with Gasteiger partial charge in [-0.1, -0.05) is 12.1 Å². The average molecular weight is 266 g/mol. The minimum absolute atomic E-state index is 0.0776. The van der Waals surface area contributed by atoms with Gasteiger partial charge >= 0.3 is 0 Å². The number of oxime groups is 1. The number of carbonyl (C=O) groups is 1. The van der Waals surface area contributed by atoms with Crippen molar-refractivity contribution in [3.63, 3.8) is 0 Å². The topological polar surface area (TPSA) is 110 Å². The van der Waals surface area contributed by atoms with Crippen LogP contribution in [0.4, 0.5) is 0 Å². The summed E-state index contributed by atoms with van der Waals surface area (Å²) in [6.07, 6.45) is 3.93. The molecule has 104 valence electrons. The largest absolute Gasteiger partial charge is 0.494 e. The normalized spacial score (nSPS) is 12.8. The molecule has 7 nitrogen and oxygen atoms in total. The second kappa shape index (κ2) is 7.20. The van der Waals surface area contributed by atoms with Crippen LogP contribution in [-0.4, -0.2) is 35.1 Å². The molecule has 0 bridgehead atoms. The van der Waals surface area contributed by atoms with Crippen molar-refractivity contribution >= 4 is 11.7 Å². The Labute approximate surface area is 111 Å². The number of nitrogens with two attached hydrogens (primary N) is 1. The highest BCUT2D eigenvalue weighted by Gasteiger charge is 2.16. The Kier molecular flexibility index (Phi) is 5.59. The van der Waals surface area contributed by atoms with Gasteiger partial charge in [0, 0.05) is 18.7 Å². The van der Waals surface area contributed by atoms with E-state index in [2.05, 4.69) is 15.5 Å². The molecule has 0 spiro atoms. The third-order valence-corrected chi connectivity index (χ3v) is 2.66. The molecule has 0 fully saturated rings. The van der Waals surface area contributed by atoms with Crippen LogP contribution in [0, 0.1) is 0 Å². The number of hydrogen-bond donors (Lipinski definition) is 3. The van der Waals surface area contributed by atoms with Gasteiger partial charge < -0.3 is 21.0 Å². The van der Waals surface area contributed by atoms with Crippen LogP contribution in [0.2, 0.25) is 0 Å². The van der Waals surface area contributed by atoms with Crippen molar-refractivity contribution in [1.29, 1.82) is 0 Å². The second-order valence-corrected chi connectivity index (χ2v) is 3.95. The fourth-order valence-electron chi connectivity index (χ4n) is 1.58. The quantitative estimate of drug-likeness (QED) is 0.304. The van der Waals surface area contributed by atoms with E-state index < -0.39 is 0 Å². The maximum Gasteiger partial charge on any atom is 0.255 e. The molecule has 0 saturated heterocycles. The first-order chi connectivity index (χ1) is 9.12. The molecule has 1 amide bonds. The smallest absolute Gasteiger partial charge is 0.255 e. The Bertz CT molecular complexity index is 462. The highest BCUT2D eigenvalue weighted by molar-refractivity contribution is 5.97. The Morgan fingerprint density at radius 1 is 1.68 bits per heavy atom. The molecule has 0 aromatic carbocycles. The van der Waals surface area contributed by atoms with E-state index in [0.717, 1.165) is 0 Å². The number of amidine groups is 1. The predicted molar refractivity (Wildman–Crippen MR) is 70.4 cm³/mol. The average Bonchev–Trinajstić information content (AvgIpc) is 2.45. The lowest BCUT2D eigenvalue weighted by Gasteiger charge is -2.17. The first-order valence-corrected chi connectivity index (χ1v) is 5.87. The predicted octanol–water partition coefficient (Wildman–Crippen LogP) is 0.735. The molecule has 19 heavy (non-hydrogen) atoms. The van der Waals surface area contributed by atoms with Crippen LogP contribution >= 0.6 is 0 Å². The third-order valence-electron chi connectivity index (χ3n) is 2.66. The molecule has 0 aliphatic carbocycles. The minimum atomic E-state index is -0.281. The van der Waals surface area contributed by atoms with E-state index in [9.17, 15) is 4.79 Å². The Balaban J connectivity index is 2.77. The fourth-order valence-corrected chi connectivity index (χ4v) is 1.58. The maximum absolute atomic E-state index is 12.1. The van der Waals surface area contributed by atoms with Crippen LogP contribution in [0.15, 0.2) is 23.6 Å². The van der Waals surface area contributed by atoms with Gasteiger partial charge in [-0.3, -0.25) is 9.78 Å². The highest BCUT2D eigenvalue weighted by atomic mass is 16.5. The number of hydrogen-bond acceptors (Lipinski definition) is 5. The van der Waals surface area contributed by atoms with Crippen LogP contribution in [0.1, 0.15) is 30.1 Å². The van der Waals surface area contributed by atoms with Gasteiger partial charge in [0.05, 0.1) is 18.9 Å². The number of aromatic nitrogens is 1. The summed E-state index contributed by atoms with van der Waals surface area (Å²) in [7, 11) is 1.47. The molecule has 1 unspecified atom stereocenters. The van der Waals surface area contributed by atoms with Gasteiger partial charge in [-0.05, 0) is 12.5 Å². The van der Waals surface area contributed by atoms with Crippen LogP contribution in [0.25, 0.3) is 0 Å². The summed E-state index contributed by atoms with van der Waals surface area (Å²) < 4.78 is 5.07. The fraction of sp³-hybridized carbons (Fsp3) is 0.417. The van der Waals surface area contributed by atoms with Crippen LogP contribution in [0.3, 0.4) is 0 Å². The molecule has 1 aromatic heterocycles. The van der Waals surface area contributed by atoms with E-state index in [1.165, 1.54) is 19.5 Å². The lowest BCUT2D eigenvalue weighted by Crippen LogP contribution is -2.37. The van der Waals surface area contributed by atoms with Gasteiger partial charge in [0.1, 0.15) is 11.6 Å².